The van der Waals surface area contributed by atoms with Gasteiger partial charge in [0, 0.05) is 9.89 Å². The number of aryl methyl sites for hydroxylation is 2. The lowest BCUT2D eigenvalue weighted by Gasteiger charge is -2.23. The topological polar surface area (TPSA) is 55.4 Å². The molecule has 1 unspecified atom stereocenters. The van der Waals surface area contributed by atoms with Gasteiger partial charge in [-0.15, -0.1) is 0 Å². The van der Waals surface area contributed by atoms with Crippen LogP contribution in [0.25, 0.3) is 0 Å². The molecule has 0 aromatic heterocycles. The standard InChI is InChI=1S/C18H26BrNO3/c1-7-14(16(21)20-17(22)18(5,6)8-2)23-13-9-11(3)15(19)12(4)10-13/h9-10,14H,7-8H2,1-6H3,(H,20,21,22). The van der Waals surface area contributed by atoms with Crippen LogP contribution < -0.4 is 10.1 Å². The maximum atomic E-state index is 12.3. The maximum absolute atomic E-state index is 12.3. The second-order valence-electron chi connectivity index (χ2n) is 6.44. The van der Waals surface area contributed by atoms with Crippen LogP contribution in [0.3, 0.4) is 0 Å². The van der Waals surface area contributed by atoms with E-state index in [9.17, 15) is 9.59 Å². The van der Waals surface area contributed by atoms with Gasteiger partial charge in [0.25, 0.3) is 5.91 Å². The molecule has 0 radical (unpaired) electrons. The summed E-state index contributed by atoms with van der Waals surface area (Å²) in [7, 11) is 0. The van der Waals surface area contributed by atoms with Crippen LogP contribution in [0.15, 0.2) is 16.6 Å². The number of amides is 2. The fraction of sp³-hybridized carbons (Fsp3) is 0.556. The minimum Gasteiger partial charge on any atom is -0.481 e. The summed E-state index contributed by atoms with van der Waals surface area (Å²) >= 11 is 3.51. The van der Waals surface area contributed by atoms with E-state index in [0.717, 1.165) is 15.6 Å². The van der Waals surface area contributed by atoms with E-state index >= 15 is 0 Å². The number of rotatable bonds is 6. The number of benzene rings is 1. The summed E-state index contributed by atoms with van der Waals surface area (Å²) in [5.41, 5.74) is 1.51. The highest BCUT2D eigenvalue weighted by Gasteiger charge is 2.29. The van der Waals surface area contributed by atoms with Gasteiger partial charge in [0.2, 0.25) is 5.91 Å². The van der Waals surface area contributed by atoms with E-state index in [1.807, 2.05) is 53.7 Å². The molecule has 1 aromatic rings. The number of halogens is 1. The normalized spacial score (nSPS) is 12.7. The first-order valence-electron chi connectivity index (χ1n) is 7.91. The predicted octanol–water partition coefficient (Wildman–Crippen LogP) is 4.30. The molecule has 1 atom stereocenters. The van der Waals surface area contributed by atoms with E-state index in [0.29, 0.717) is 18.6 Å². The van der Waals surface area contributed by atoms with Crippen molar-refractivity contribution in [3.8, 4) is 5.75 Å². The molecule has 0 spiro atoms. The Kier molecular flexibility index (Phi) is 6.81. The first-order valence-corrected chi connectivity index (χ1v) is 8.70. The number of nitrogens with one attached hydrogen (secondary N) is 1. The van der Waals surface area contributed by atoms with E-state index in [-0.39, 0.29) is 5.91 Å². The molecular formula is C18H26BrNO3. The van der Waals surface area contributed by atoms with Crippen molar-refractivity contribution in [2.75, 3.05) is 0 Å². The highest BCUT2D eigenvalue weighted by Crippen LogP contribution is 2.27. The van der Waals surface area contributed by atoms with E-state index in [4.69, 9.17) is 4.74 Å². The zero-order chi connectivity index (χ0) is 17.8. The molecular weight excluding hydrogens is 358 g/mol. The highest BCUT2D eigenvalue weighted by molar-refractivity contribution is 9.10. The Balaban J connectivity index is 2.85. The van der Waals surface area contributed by atoms with Crippen LogP contribution >= 0.6 is 15.9 Å². The monoisotopic (exact) mass is 383 g/mol. The third-order valence-corrected chi connectivity index (χ3v) is 5.34. The molecule has 0 bridgehead atoms. The van der Waals surface area contributed by atoms with Gasteiger partial charge in [0.1, 0.15) is 5.75 Å². The van der Waals surface area contributed by atoms with Gasteiger partial charge in [-0.3, -0.25) is 14.9 Å². The number of carbonyl (C=O) groups excluding carboxylic acids is 2. The lowest BCUT2D eigenvalue weighted by molar-refractivity contribution is -0.139. The molecule has 1 rings (SSSR count). The molecule has 4 nitrogen and oxygen atoms in total. The van der Waals surface area contributed by atoms with Crippen molar-refractivity contribution in [2.45, 2.75) is 60.5 Å². The Morgan fingerprint density at radius 2 is 1.74 bits per heavy atom. The van der Waals surface area contributed by atoms with Gasteiger partial charge < -0.3 is 4.74 Å². The molecule has 1 aromatic carbocycles. The third kappa shape index (κ3) is 5.06. The second kappa shape index (κ2) is 7.95. The van der Waals surface area contributed by atoms with Crippen LogP contribution in [0.1, 0.15) is 51.7 Å². The van der Waals surface area contributed by atoms with Crippen molar-refractivity contribution < 1.29 is 14.3 Å². The van der Waals surface area contributed by atoms with Gasteiger partial charge in [-0.05, 0) is 49.9 Å². The SMILES string of the molecule is CCC(Oc1cc(C)c(Br)c(C)c1)C(=O)NC(=O)C(C)(C)CC. The Bertz CT molecular complexity index is 573. The molecule has 5 heteroatoms. The van der Waals surface area contributed by atoms with E-state index in [1.165, 1.54) is 0 Å². The molecule has 23 heavy (non-hydrogen) atoms. The first-order chi connectivity index (χ1) is 10.6. The Morgan fingerprint density at radius 3 is 2.17 bits per heavy atom. The number of ether oxygens (including phenoxy) is 1. The van der Waals surface area contributed by atoms with Crippen molar-refractivity contribution in [1.29, 1.82) is 0 Å². The maximum Gasteiger partial charge on any atom is 0.267 e. The summed E-state index contributed by atoms with van der Waals surface area (Å²) in [6.07, 6.45) is 0.459. The predicted molar refractivity (Wildman–Crippen MR) is 95.5 cm³/mol. The Hall–Kier alpha value is -1.36. The molecule has 128 valence electrons. The average Bonchev–Trinajstić information content (AvgIpc) is 2.49. The average molecular weight is 384 g/mol. The summed E-state index contributed by atoms with van der Waals surface area (Å²) < 4.78 is 6.83. The minimum absolute atomic E-state index is 0.268. The summed E-state index contributed by atoms with van der Waals surface area (Å²) in [5.74, 6) is -0.0279. The van der Waals surface area contributed by atoms with Gasteiger partial charge in [0.15, 0.2) is 6.10 Å². The van der Waals surface area contributed by atoms with E-state index in [1.54, 1.807) is 0 Å². The Morgan fingerprint density at radius 1 is 1.22 bits per heavy atom. The largest absolute Gasteiger partial charge is 0.481 e. The minimum atomic E-state index is -0.688. The van der Waals surface area contributed by atoms with Gasteiger partial charge in [-0.1, -0.05) is 43.6 Å². The van der Waals surface area contributed by atoms with Crippen LogP contribution in [0.2, 0.25) is 0 Å². The molecule has 0 aliphatic heterocycles. The van der Waals surface area contributed by atoms with Crippen molar-refractivity contribution in [3.05, 3.63) is 27.7 Å². The van der Waals surface area contributed by atoms with E-state index in [2.05, 4.69) is 21.2 Å². The molecule has 0 aliphatic carbocycles. The zero-order valence-corrected chi connectivity index (χ0v) is 16.3. The zero-order valence-electron chi connectivity index (χ0n) is 14.7. The van der Waals surface area contributed by atoms with Crippen molar-refractivity contribution >= 4 is 27.7 Å². The van der Waals surface area contributed by atoms with Gasteiger partial charge in [0.05, 0.1) is 0 Å². The lowest BCUT2D eigenvalue weighted by Crippen LogP contribution is -2.46. The molecule has 1 N–H and O–H groups in total. The van der Waals surface area contributed by atoms with Gasteiger partial charge in [-0.2, -0.15) is 0 Å². The molecule has 2 amide bonds. The van der Waals surface area contributed by atoms with Crippen LogP contribution in [0, 0.1) is 19.3 Å². The quantitative estimate of drug-likeness (QED) is 0.796. The highest BCUT2D eigenvalue weighted by atomic mass is 79.9. The van der Waals surface area contributed by atoms with Crippen molar-refractivity contribution in [2.24, 2.45) is 5.41 Å². The summed E-state index contributed by atoms with van der Waals surface area (Å²) in [5, 5.41) is 2.47. The van der Waals surface area contributed by atoms with E-state index < -0.39 is 17.4 Å². The summed E-state index contributed by atoms with van der Waals surface area (Å²) in [6.45, 7) is 11.4. The molecule has 0 heterocycles. The van der Waals surface area contributed by atoms with Crippen LogP contribution in [0.5, 0.6) is 5.75 Å². The fourth-order valence-corrected chi connectivity index (χ4v) is 2.21. The van der Waals surface area contributed by atoms with Gasteiger partial charge >= 0.3 is 0 Å². The molecule has 0 aliphatic rings. The fourth-order valence-electron chi connectivity index (χ4n) is 1.98. The van der Waals surface area contributed by atoms with Crippen LogP contribution in [0.4, 0.5) is 0 Å². The van der Waals surface area contributed by atoms with Crippen molar-refractivity contribution in [3.63, 3.8) is 0 Å². The summed E-state index contributed by atoms with van der Waals surface area (Å²) in [4.78, 5) is 24.5. The van der Waals surface area contributed by atoms with Crippen molar-refractivity contribution in [1.82, 2.24) is 5.32 Å². The Labute approximate surface area is 147 Å². The number of hydrogen-bond acceptors (Lipinski definition) is 3. The van der Waals surface area contributed by atoms with Crippen LogP contribution in [-0.2, 0) is 9.59 Å². The molecule has 0 saturated carbocycles. The number of hydrogen-bond donors (Lipinski definition) is 1. The van der Waals surface area contributed by atoms with Crippen LogP contribution in [-0.4, -0.2) is 17.9 Å². The smallest absolute Gasteiger partial charge is 0.267 e. The molecule has 0 saturated heterocycles. The molecule has 0 fully saturated rings. The number of carbonyl (C=O) groups is 2. The lowest BCUT2D eigenvalue weighted by atomic mass is 9.89. The third-order valence-electron chi connectivity index (χ3n) is 4.09. The second-order valence-corrected chi connectivity index (χ2v) is 7.23. The first kappa shape index (κ1) is 19.7. The number of imide groups is 1. The summed E-state index contributed by atoms with van der Waals surface area (Å²) in [6, 6.07) is 3.76. The van der Waals surface area contributed by atoms with Gasteiger partial charge in [-0.25, -0.2) is 0 Å².